The van der Waals surface area contributed by atoms with Crippen LogP contribution in [0.1, 0.15) is 31.0 Å². The number of hydrogen-bond acceptors (Lipinski definition) is 6. The third-order valence-electron chi connectivity index (χ3n) is 5.62. The summed E-state index contributed by atoms with van der Waals surface area (Å²) in [5.41, 5.74) is 2.08. The number of carbonyl (C=O) groups excluding carboxylic acids is 1. The van der Waals surface area contributed by atoms with Crippen LogP contribution in [0.3, 0.4) is 0 Å². The van der Waals surface area contributed by atoms with E-state index in [0.29, 0.717) is 29.5 Å². The highest BCUT2D eigenvalue weighted by molar-refractivity contribution is 7.92. The Hall–Kier alpha value is -3.72. The maximum Gasteiger partial charge on any atom is 0.264 e. The number of aryl methyl sites for hydroxylation is 1. The highest BCUT2D eigenvalue weighted by Crippen LogP contribution is 2.30. The highest BCUT2D eigenvalue weighted by Gasteiger charge is 2.28. The molecule has 0 aromatic heterocycles. The van der Waals surface area contributed by atoms with Gasteiger partial charge >= 0.3 is 0 Å². The van der Waals surface area contributed by atoms with Gasteiger partial charge in [-0.2, -0.15) is 0 Å². The van der Waals surface area contributed by atoms with Crippen molar-refractivity contribution in [1.82, 2.24) is 5.32 Å². The maximum atomic E-state index is 13.6. The Balaban J connectivity index is 1.88. The molecule has 36 heavy (non-hydrogen) atoms. The largest absolute Gasteiger partial charge is 0.494 e. The predicted molar refractivity (Wildman–Crippen MR) is 139 cm³/mol. The molecule has 0 radical (unpaired) electrons. The minimum absolute atomic E-state index is 0.0997. The van der Waals surface area contributed by atoms with Crippen LogP contribution in [0.25, 0.3) is 0 Å². The fourth-order valence-corrected chi connectivity index (χ4v) is 5.07. The maximum absolute atomic E-state index is 13.6. The predicted octanol–water partition coefficient (Wildman–Crippen LogP) is 4.48. The molecule has 0 aliphatic carbocycles. The van der Waals surface area contributed by atoms with Crippen molar-refractivity contribution in [3.8, 4) is 17.2 Å². The van der Waals surface area contributed by atoms with E-state index in [4.69, 9.17) is 14.2 Å². The highest BCUT2D eigenvalue weighted by atomic mass is 32.2. The molecule has 3 aromatic rings. The average molecular weight is 513 g/mol. The minimum Gasteiger partial charge on any atom is -0.494 e. The second-order valence-corrected chi connectivity index (χ2v) is 10.0. The molecule has 0 aliphatic heterocycles. The lowest BCUT2D eigenvalue weighted by Gasteiger charge is -2.25. The molecular formula is C27H32N2O6S. The van der Waals surface area contributed by atoms with E-state index < -0.39 is 28.5 Å². The number of ether oxygens (including phenoxy) is 3. The first-order valence-electron chi connectivity index (χ1n) is 11.5. The van der Waals surface area contributed by atoms with Gasteiger partial charge in [-0.3, -0.25) is 9.10 Å². The van der Waals surface area contributed by atoms with Gasteiger partial charge in [0, 0.05) is 0 Å². The van der Waals surface area contributed by atoms with Crippen molar-refractivity contribution in [2.75, 3.05) is 31.7 Å². The van der Waals surface area contributed by atoms with E-state index in [-0.39, 0.29) is 4.90 Å². The second-order valence-electron chi connectivity index (χ2n) is 8.16. The van der Waals surface area contributed by atoms with Gasteiger partial charge in [-0.05, 0) is 74.9 Å². The Morgan fingerprint density at radius 1 is 0.944 bits per heavy atom. The summed E-state index contributed by atoms with van der Waals surface area (Å²) in [5.74, 6) is 1.27. The number of carbonyl (C=O) groups is 1. The lowest BCUT2D eigenvalue weighted by atomic mass is 10.1. The molecular weight excluding hydrogens is 480 g/mol. The molecule has 0 bridgehead atoms. The van der Waals surface area contributed by atoms with Crippen molar-refractivity contribution in [1.29, 1.82) is 0 Å². The van der Waals surface area contributed by atoms with Crippen LogP contribution in [0, 0.1) is 6.92 Å². The number of hydrogen-bond donors (Lipinski definition) is 1. The zero-order valence-electron chi connectivity index (χ0n) is 21.1. The topological polar surface area (TPSA) is 94.2 Å². The van der Waals surface area contributed by atoms with Crippen molar-refractivity contribution in [3.63, 3.8) is 0 Å². The van der Waals surface area contributed by atoms with E-state index in [1.807, 2.05) is 26.8 Å². The molecule has 192 valence electrons. The number of benzene rings is 3. The summed E-state index contributed by atoms with van der Waals surface area (Å²) in [6.07, 6.45) is 0. The van der Waals surface area contributed by atoms with Crippen LogP contribution < -0.4 is 23.8 Å². The van der Waals surface area contributed by atoms with E-state index in [9.17, 15) is 13.2 Å². The number of nitrogens with one attached hydrogen (secondary N) is 1. The van der Waals surface area contributed by atoms with Crippen LogP contribution >= 0.6 is 0 Å². The van der Waals surface area contributed by atoms with E-state index in [1.165, 1.54) is 19.2 Å². The van der Waals surface area contributed by atoms with Crippen molar-refractivity contribution < 1.29 is 27.4 Å². The van der Waals surface area contributed by atoms with Gasteiger partial charge < -0.3 is 19.5 Å². The Kier molecular flexibility index (Phi) is 8.82. The molecule has 3 aromatic carbocycles. The first-order valence-corrected chi connectivity index (χ1v) is 13.0. The molecule has 0 saturated heterocycles. The third kappa shape index (κ3) is 6.28. The molecule has 0 spiro atoms. The second kappa shape index (κ2) is 11.8. The van der Waals surface area contributed by atoms with Gasteiger partial charge in [-0.15, -0.1) is 0 Å². The van der Waals surface area contributed by atoms with E-state index in [0.717, 1.165) is 15.4 Å². The Morgan fingerprint density at radius 3 is 2.17 bits per heavy atom. The summed E-state index contributed by atoms with van der Waals surface area (Å²) >= 11 is 0. The molecule has 0 heterocycles. The van der Waals surface area contributed by atoms with Crippen LogP contribution in [0.2, 0.25) is 0 Å². The fourth-order valence-electron chi connectivity index (χ4n) is 3.65. The van der Waals surface area contributed by atoms with Gasteiger partial charge in [0.25, 0.3) is 10.0 Å². The third-order valence-corrected chi connectivity index (χ3v) is 7.41. The molecule has 1 atom stereocenters. The lowest BCUT2D eigenvalue weighted by molar-refractivity contribution is -0.120. The summed E-state index contributed by atoms with van der Waals surface area (Å²) in [7, 11) is -0.930. The van der Waals surface area contributed by atoms with E-state index in [1.54, 1.807) is 55.6 Å². The molecule has 1 N–H and O–H groups in total. The molecule has 0 fully saturated rings. The molecule has 1 amide bonds. The summed E-state index contributed by atoms with van der Waals surface area (Å²) in [6, 6.07) is 18.1. The van der Waals surface area contributed by atoms with E-state index >= 15 is 0 Å². The number of rotatable bonds is 11. The van der Waals surface area contributed by atoms with Gasteiger partial charge in [0.05, 0.1) is 37.5 Å². The molecule has 8 nitrogen and oxygen atoms in total. The Labute approximate surface area is 212 Å². The van der Waals surface area contributed by atoms with E-state index in [2.05, 4.69) is 5.32 Å². The van der Waals surface area contributed by atoms with Gasteiger partial charge in [0.1, 0.15) is 12.3 Å². The molecule has 3 rings (SSSR count). The van der Waals surface area contributed by atoms with Crippen LogP contribution in [0.15, 0.2) is 71.6 Å². The number of amides is 1. The van der Waals surface area contributed by atoms with Crippen LogP contribution in [-0.4, -0.2) is 41.7 Å². The minimum atomic E-state index is -4.02. The van der Waals surface area contributed by atoms with Crippen molar-refractivity contribution in [2.45, 2.75) is 31.7 Å². The quantitative estimate of drug-likeness (QED) is 0.407. The average Bonchev–Trinajstić information content (AvgIpc) is 2.87. The first-order chi connectivity index (χ1) is 17.2. The van der Waals surface area contributed by atoms with Crippen molar-refractivity contribution >= 4 is 21.6 Å². The zero-order valence-corrected chi connectivity index (χ0v) is 22.0. The fraction of sp³-hybridized carbons (Fsp3) is 0.296. The number of methoxy groups -OCH3 is 2. The van der Waals surface area contributed by atoms with Crippen molar-refractivity contribution in [3.05, 3.63) is 77.9 Å². The van der Waals surface area contributed by atoms with Gasteiger partial charge in [0.2, 0.25) is 5.91 Å². The normalized spacial score (nSPS) is 11.9. The molecule has 9 heteroatoms. The summed E-state index contributed by atoms with van der Waals surface area (Å²) in [6.45, 7) is 5.65. The molecule has 0 aliphatic rings. The summed E-state index contributed by atoms with van der Waals surface area (Å²) < 4.78 is 44.4. The SMILES string of the molecule is CCOc1ccc(N(CC(=O)N[C@@H](C)c2ccc(OC)c(OC)c2)S(=O)(=O)c2ccc(C)cc2)cc1. The number of nitrogens with zero attached hydrogens (tertiary/aromatic N) is 1. The summed E-state index contributed by atoms with van der Waals surface area (Å²) in [4.78, 5) is 13.2. The van der Waals surface area contributed by atoms with Crippen LogP contribution in [0.5, 0.6) is 17.2 Å². The zero-order chi connectivity index (χ0) is 26.3. The van der Waals surface area contributed by atoms with Crippen molar-refractivity contribution in [2.24, 2.45) is 0 Å². The standard InChI is InChI=1S/C27H32N2O6S/c1-6-35-23-12-10-22(11-13-23)29(36(31,32)24-14-7-19(2)8-15-24)18-27(30)28-20(3)21-9-16-25(33-4)26(17-21)34-5/h7-17,20H,6,18H2,1-5H3,(H,28,30)/t20-/m0/s1. The molecule has 0 saturated carbocycles. The van der Waals surface area contributed by atoms with Gasteiger partial charge in [-0.1, -0.05) is 23.8 Å². The monoisotopic (exact) mass is 512 g/mol. The first kappa shape index (κ1) is 26.9. The Morgan fingerprint density at radius 2 is 1.58 bits per heavy atom. The Bertz CT molecular complexity index is 1270. The van der Waals surface area contributed by atoms with Gasteiger partial charge in [-0.25, -0.2) is 8.42 Å². The van der Waals surface area contributed by atoms with Gasteiger partial charge in [0.15, 0.2) is 11.5 Å². The molecule has 0 unspecified atom stereocenters. The summed E-state index contributed by atoms with van der Waals surface area (Å²) in [5, 5.41) is 2.88. The van der Waals surface area contributed by atoms with Crippen LogP contribution in [0.4, 0.5) is 5.69 Å². The lowest BCUT2D eigenvalue weighted by Crippen LogP contribution is -2.41. The van der Waals surface area contributed by atoms with Crippen LogP contribution in [-0.2, 0) is 14.8 Å². The number of anilines is 1. The smallest absolute Gasteiger partial charge is 0.264 e. The number of sulfonamides is 1.